The van der Waals surface area contributed by atoms with E-state index in [-0.39, 0.29) is 29.9 Å². The summed E-state index contributed by atoms with van der Waals surface area (Å²) in [6.45, 7) is 2.31. The zero-order valence-electron chi connectivity index (χ0n) is 18.5. The predicted octanol–water partition coefficient (Wildman–Crippen LogP) is 1.73. The molecule has 2 aliphatic heterocycles. The number of aromatic nitrogens is 2. The van der Waals surface area contributed by atoms with Crippen molar-refractivity contribution < 1.29 is 19.5 Å². The first kappa shape index (κ1) is 21.6. The molecule has 2 aliphatic rings. The predicted molar refractivity (Wildman–Crippen MR) is 124 cm³/mol. The van der Waals surface area contributed by atoms with Gasteiger partial charge in [-0.2, -0.15) is 0 Å². The van der Waals surface area contributed by atoms with Crippen LogP contribution < -0.4 is 5.73 Å². The number of anilines is 1. The summed E-state index contributed by atoms with van der Waals surface area (Å²) in [4.78, 5) is 50.5. The van der Waals surface area contributed by atoms with Crippen molar-refractivity contribution in [2.45, 2.75) is 19.5 Å². The largest absolute Gasteiger partial charge is 0.465 e. The Balaban J connectivity index is 1.37. The van der Waals surface area contributed by atoms with Crippen LogP contribution in [-0.4, -0.2) is 73.9 Å². The molecule has 1 fully saturated rings. The van der Waals surface area contributed by atoms with E-state index in [1.54, 1.807) is 28.0 Å². The summed E-state index contributed by atoms with van der Waals surface area (Å²) in [7, 11) is 0. The number of fused-ring (bicyclic) bond motifs is 2. The molecule has 0 spiro atoms. The van der Waals surface area contributed by atoms with Gasteiger partial charge in [0, 0.05) is 44.7 Å². The van der Waals surface area contributed by atoms with Gasteiger partial charge in [0.25, 0.3) is 5.91 Å². The molecule has 1 saturated heterocycles. The van der Waals surface area contributed by atoms with Crippen LogP contribution in [-0.2, 0) is 24.3 Å². The Bertz CT molecular complexity index is 1280. The van der Waals surface area contributed by atoms with Crippen molar-refractivity contribution in [1.29, 1.82) is 0 Å². The number of nitrogens with zero attached hydrogens (tertiary/aromatic N) is 5. The molecule has 34 heavy (non-hydrogen) atoms. The van der Waals surface area contributed by atoms with E-state index in [1.165, 1.54) is 4.90 Å². The molecule has 0 saturated carbocycles. The number of piperazine rings is 1. The second-order valence-corrected chi connectivity index (χ2v) is 8.54. The number of rotatable bonds is 3. The van der Waals surface area contributed by atoms with E-state index in [1.807, 2.05) is 24.3 Å². The van der Waals surface area contributed by atoms with E-state index >= 15 is 0 Å². The van der Waals surface area contributed by atoms with Gasteiger partial charge in [-0.15, -0.1) is 0 Å². The van der Waals surface area contributed by atoms with Gasteiger partial charge in [0.2, 0.25) is 11.9 Å². The fourth-order valence-corrected chi connectivity index (χ4v) is 4.53. The van der Waals surface area contributed by atoms with Crippen molar-refractivity contribution in [3.63, 3.8) is 0 Å². The van der Waals surface area contributed by atoms with Gasteiger partial charge in [0.05, 0.1) is 11.9 Å². The number of hydrogen-bond donors (Lipinski definition) is 2. The average Bonchev–Trinajstić information content (AvgIpc) is 3.27. The lowest BCUT2D eigenvalue weighted by Crippen LogP contribution is -2.50. The molecule has 1 aromatic heterocycles. The highest BCUT2D eigenvalue weighted by atomic mass is 16.4. The second-order valence-electron chi connectivity index (χ2n) is 8.54. The van der Waals surface area contributed by atoms with Gasteiger partial charge >= 0.3 is 6.09 Å². The summed E-state index contributed by atoms with van der Waals surface area (Å²) in [6.07, 6.45) is -0.838. The van der Waals surface area contributed by atoms with Gasteiger partial charge in [-0.05, 0) is 28.8 Å². The number of carbonyl (C=O) groups is 3. The van der Waals surface area contributed by atoms with Gasteiger partial charge < -0.3 is 25.5 Å². The number of carboxylic acid groups (broad SMARTS) is 1. The van der Waals surface area contributed by atoms with Crippen molar-refractivity contribution in [3.8, 4) is 0 Å². The lowest BCUT2D eigenvalue weighted by molar-refractivity contribution is -0.132. The van der Waals surface area contributed by atoms with Crippen molar-refractivity contribution in [2.75, 3.05) is 31.9 Å². The topological polar surface area (TPSA) is 133 Å². The van der Waals surface area contributed by atoms with E-state index < -0.39 is 6.09 Å². The first-order valence-electron chi connectivity index (χ1n) is 11.1. The summed E-state index contributed by atoms with van der Waals surface area (Å²) >= 11 is 0. The maximum atomic E-state index is 13.4. The molecule has 3 N–H and O–H groups in total. The Morgan fingerprint density at radius 2 is 1.53 bits per heavy atom. The summed E-state index contributed by atoms with van der Waals surface area (Å²) in [5, 5.41) is 9.64. The molecule has 2 aromatic carbocycles. The van der Waals surface area contributed by atoms with Crippen LogP contribution in [0.5, 0.6) is 0 Å². The Hall–Kier alpha value is -4.21. The Kier molecular flexibility index (Phi) is 5.48. The van der Waals surface area contributed by atoms with Crippen molar-refractivity contribution in [1.82, 2.24) is 24.7 Å². The second kappa shape index (κ2) is 8.62. The third kappa shape index (κ3) is 4.09. The highest BCUT2D eigenvalue weighted by molar-refractivity contribution is 6.05. The third-order valence-corrected chi connectivity index (χ3v) is 6.37. The van der Waals surface area contributed by atoms with Crippen LogP contribution in [0.4, 0.5) is 10.7 Å². The zero-order chi connectivity index (χ0) is 23.8. The molecule has 5 rings (SSSR count). The van der Waals surface area contributed by atoms with Crippen LogP contribution in [0.15, 0.2) is 42.5 Å². The minimum Gasteiger partial charge on any atom is -0.465 e. The maximum absolute atomic E-state index is 13.4. The van der Waals surface area contributed by atoms with Crippen LogP contribution >= 0.6 is 0 Å². The number of benzene rings is 2. The lowest BCUT2D eigenvalue weighted by atomic mass is 10.1. The average molecular weight is 460 g/mol. The van der Waals surface area contributed by atoms with Crippen molar-refractivity contribution >= 4 is 34.8 Å². The number of nitrogen functional groups attached to an aromatic ring is 1. The van der Waals surface area contributed by atoms with Crippen LogP contribution in [0, 0.1) is 0 Å². The van der Waals surface area contributed by atoms with E-state index in [0.717, 1.165) is 16.7 Å². The van der Waals surface area contributed by atoms with Gasteiger partial charge in [0.15, 0.2) is 0 Å². The number of carbonyl (C=O) groups excluding carboxylic acids is 2. The number of nitrogens with two attached hydrogens (primary N) is 1. The van der Waals surface area contributed by atoms with Gasteiger partial charge in [-0.1, -0.05) is 30.3 Å². The minimum absolute atomic E-state index is 0.0210. The van der Waals surface area contributed by atoms with Gasteiger partial charge in [-0.25, -0.2) is 14.8 Å². The van der Waals surface area contributed by atoms with Crippen LogP contribution in [0.2, 0.25) is 0 Å². The summed E-state index contributed by atoms with van der Waals surface area (Å²) in [5.74, 6) is -0.306. The fourth-order valence-electron chi connectivity index (χ4n) is 4.53. The zero-order valence-corrected chi connectivity index (χ0v) is 18.5. The fraction of sp³-hybridized carbons (Fsp3) is 0.292. The van der Waals surface area contributed by atoms with Crippen LogP contribution in [0.25, 0.3) is 10.9 Å². The molecule has 3 heterocycles. The maximum Gasteiger partial charge on any atom is 0.407 e. The summed E-state index contributed by atoms with van der Waals surface area (Å²) < 4.78 is 0. The number of amides is 3. The molecule has 0 bridgehead atoms. The van der Waals surface area contributed by atoms with E-state index in [2.05, 4.69) is 9.97 Å². The molecule has 3 aromatic rings. The molecule has 3 amide bonds. The third-order valence-electron chi connectivity index (χ3n) is 6.37. The molecule has 0 unspecified atom stereocenters. The normalized spacial score (nSPS) is 15.5. The van der Waals surface area contributed by atoms with Crippen LogP contribution in [0.3, 0.4) is 0 Å². The van der Waals surface area contributed by atoms with Crippen molar-refractivity contribution in [3.05, 3.63) is 64.8 Å². The molecule has 10 nitrogen and oxygen atoms in total. The van der Waals surface area contributed by atoms with Gasteiger partial charge in [-0.3, -0.25) is 9.59 Å². The quantitative estimate of drug-likeness (QED) is 0.608. The first-order chi connectivity index (χ1) is 16.4. The van der Waals surface area contributed by atoms with Gasteiger partial charge in [0.1, 0.15) is 5.69 Å². The highest BCUT2D eigenvalue weighted by Crippen LogP contribution is 2.27. The lowest BCUT2D eigenvalue weighted by Gasteiger charge is -2.33. The Morgan fingerprint density at radius 1 is 0.882 bits per heavy atom. The highest BCUT2D eigenvalue weighted by Gasteiger charge is 2.27. The molecular formula is C24H24N6O4. The number of hydrogen-bond acceptors (Lipinski definition) is 6. The van der Waals surface area contributed by atoms with E-state index in [9.17, 15) is 14.4 Å². The van der Waals surface area contributed by atoms with E-state index in [0.29, 0.717) is 50.2 Å². The molecule has 0 aliphatic carbocycles. The Labute approximate surface area is 195 Å². The van der Waals surface area contributed by atoms with Crippen molar-refractivity contribution in [2.24, 2.45) is 0 Å². The summed E-state index contributed by atoms with van der Waals surface area (Å²) in [5.41, 5.74) is 9.60. The smallest absolute Gasteiger partial charge is 0.407 e. The first-order valence-corrected chi connectivity index (χ1v) is 11.1. The monoisotopic (exact) mass is 460 g/mol. The summed E-state index contributed by atoms with van der Waals surface area (Å²) in [6, 6.07) is 13.2. The Morgan fingerprint density at radius 3 is 2.18 bits per heavy atom. The van der Waals surface area contributed by atoms with Crippen LogP contribution in [0.1, 0.15) is 27.2 Å². The van der Waals surface area contributed by atoms with E-state index in [4.69, 9.17) is 10.8 Å². The molecular weight excluding hydrogens is 436 g/mol. The molecule has 174 valence electrons. The standard InChI is InChI=1S/C24H24N6O4/c25-23-26-19-6-5-15(12-20(31)28-7-9-29(10-8-28)24(33)34)11-18(19)21(27-23)22(32)30-13-16-3-1-2-4-17(16)14-30/h1-6,11H,7-10,12-14H2,(H,33,34)(H2,25,26,27). The molecule has 0 atom stereocenters. The SMILES string of the molecule is Nc1nc(C(=O)N2Cc3ccccc3C2)c2cc(CC(=O)N3CCN(C(=O)O)CC3)ccc2n1. The minimum atomic E-state index is -0.973. The molecule has 0 radical (unpaired) electrons. The molecule has 10 heteroatoms.